The molecule has 27 heavy (non-hydrogen) atoms. The van der Waals surface area contributed by atoms with E-state index < -0.39 is 0 Å². The molecule has 1 aliphatic rings. The molecule has 4 rings (SSSR count). The number of amides is 1. The molecule has 1 N–H and O–H groups in total. The van der Waals surface area contributed by atoms with Crippen LogP contribution in [0.1, 0.15) is 36.0 Å². The Hall–Kier alpha value is -2.25. The number of imidazole rings is 1. The summed E-state index contributed by atoms with van der Waals surface area (Å²) in [7, 11) is 1.75. The van der Waals surface area contributed by atoms with Gasteiger partial charge in [0.1, 0.15) is 12.1 Å². The van der Waals surface area contributed by atoms with Crippen LogP contribution in [0.25, 0.3) is 16.7 Å². The summed E-state index contributed by atoms with van der Waals surface area (Å²) in [6.45, 7) is 0. The first-order valence-electron chi connectivity index (χ1n) is 9.06. The Kier molecular flexibility index (Phi) is 5.22. The fraction of sp³-hybridized carbons (Fsp3) is 0.350. The lowest BCUT2D eigenvalue weighted by molar-refractivity contribution is 0.0599. The van der Waals surface area contributed by atoms with Crippen LogP contribution in [0.3, 0.4) is 0 Å². The van der Waals surface area contributed by atoms with Crippen molar-refractivity contribution in [3.63, 3.8) is 0 Å². The summed E-state index contributed by atoms with van der Waals surface area (Å²) in [5, 5.41) is 4.03. The van der Waals surface area contributed by atoms with Gasteiger partial charge < -0.3 is 10.1 Å². The second-order valence-electron chi connectivity index (χ2n) is 6.84. The highest BCUT2D eigenvalue weighted by Gasteiger charge is 2.23. The Labute approximate surface area is 166 Å². The minimum absolute atomic E-state index is 0.0669. The van der Waals surface area contributed by atoms with Crippen molar-refractivity contribution >= 4 is 32.7 Å². The van der Waals surface area contributed by atoms with E-state index in [4.69, 9.17) is 4.74 Å². The van der Waals surface area contributed by atoms with Crippen molar-refractivity contribution in [1.29, 1.82) is 0 Å². The largest absolute Gasteiger partial charge is 0.381 e. The predicted molar refractivity (Wildman–Crippen MR) is 107 cm³/mol. The second-order valence-corrected chi connectivity index (χ2v) is 7.76. The molecule has 140 valence electrons. The van der Waals surface area contributed by atoms with Crippen LogP contribution in [0.5, 0.6) is 0 Å². The van der Waals surface area contributed by atoms with E-state index in [1.54, 1.807) is 19.6 Å². The number of rotatable bonds is 4. The number of pyridine rings is 1. The molecule has 0 saturated heterocycles. The monoisotopic (exact) mass is 428 g/mol. The average Bonchev–Trinajstić information content (AvgIpc) is 3.22. The number of nitrogens with zero attached hydrogens (tertiary/aromatic N) is 3. The zero-order valence-electron chi connectivity index (χ0n) is 15.1. The molecule has 1 saturated carbocycles. The summed E-state index contributed by atoms with van der Waals surface area (Å²) in [5.74, 6) is 0.610. The van der Waals surface area contributed by atoms with Crippen molar-refractivity contribution in [2.75, 3.05) is 7.11 Å². The van der Waals surface area contributed by atoms with Crippen LogP contribution >= 0.6 is 15.9 Å². The third-order valence-corrected chi connectivity index (χ3v) is 5.61. The van der Waals surface area contributed by atoms with Gasteiger partial charge in [0.05, 0.1) is 17.2 Å². The zero-order chi connectivity index (χ0) is 18.8. The van der Waals surface area contributed by atoms with Crippen molar-refractivity contribution in [1.82, 2.24) is 19.9 Å². The molecule has 1 fully saturated rings. The van der Waals surface area contributed by atoms with E-state index in [1.165, 1.54) is 0 Å². The number of halogens is 1. The lowest BCUT2D eigenvalue weighted by atomic mass is 9.92. The summed E-state index contributed by atoms with van der Waals surface area (Å²) < 4.78 is 8.15. The second kappa shape index (κ2) is 7.78. The normalized spacial score (nSPS) is 19.9. The number of benzene rings is 1. The molecule has 7 heteroatoms. The summed E-state index contributed by atoms with van der Waals surface area (Å²) in [5.41, 5.74) is 1.40. The van der Waals surface area contributed by atoms with Crippen LogP contribution in [-0.2, 0) is 4.74 Å². The molecule has 0 spiro atoms. The van der Waals surface area contributed by atoms with Gasteiger partial charge in [0.25, 0.3) is 5.91 Å². The molecule has 0 atom stereocenters. The molecule has 1 amide bonds. The molecule has 3 aromatic rings. The molecule has 1 aliphatic carbocycles. The first-order chi connectivity index (χ1) is 13.1. The molecule has 0 unspecified atom stereocenters. The number of hydrogen-bond acceptors (Lipinski definition) is 4. The minimum atomic E-state index is -0.0669. The molecule has 1 aromatic carbocycles. The van der Waals surface area contributed by atoms with Crippen molar-refractivity contribution in [3.8, 4) is 5.82 Å². The topological polar surface area (TPSA) is 69.0 Å². The number of fused-ring (bicyclic) bond motifs is 1. The highest BCUT2D eigenvalue weighted by atomic mass is 79.9. The Balaban J connectivity index is 1.66. The lowest BCUT2D eigenvalue weighted by Crippen LogP contribution is -2.39. The van der Waals surface area contributed by atoms with Gasteiger partial charge in [-0.1, -0.05) is 15.9 Å². The summed E-state index contributed by atoms with van der Waals surface area (Å²) in [6, 6.07) is 7.79. The number of nitrogens with one attached hydrogen (secondary N) is 1. The fourth-order valence-corrected chi connectivity index (χ4v) is 3.97. The van der Waals surface area contributed by atoms with Crippen LogP contribution in [0, 0.1) is 0 Å². The average molecular weight is 429 g/mol. The highest BCUT2D eigenvalue weighted by Crippen LogP contribution is 2.26. The van der Waals surface area contributed by atoms with Crippen molar-refractivity contribution in [2.24, 2.45) is 0 Å². The first-order valence-corrected chi connectivity index (χ1v) is 9.85. The molecule has 2 aromatic heterocycles. The Morgan fingerprint density at radius 3 is 2.78 bits per heavy atom. The predicted octanol–water partition coefficient (Wildman–Crippen LogP) is 3.87. The summed E-state index contributed by atoms with van der Waals surface area (Å²) in [4.78, 5) is 21.9. The fourth-order valence-electron chi connectivity index (χ4n) is 3.60. The highest BCUT2D eigenvalue weighted by molar-refractivity contribution is 9.10. The van der Waals surface area contributed by atoms with E-state index in [0.717, 1.165) is 41.1 Å². The van der Waals surface area contributed by atoms with E-state index in [0.29, 0.717) is 17.5 Å². The summed E-state index contributed by atoms with van der Waals surface area (Å²) >= 11 is 3.50. The van der Waals surface area contributed by atoms with Gasteiger partial charge in [-0.05, 0) is 49.9 Å². The Morgan fingerprint density at radius 2 is 2.07 bits per heavy atom. The molecule has 2 heterocycles. The maximum Gasteiger partial charge on any atom is 0.252 e. The number of methoxy groups -OCH3 is 1. The third kappa shape index (κ3) is 3.89. The number of aromatic nitrogens is 3. The van der Waals surface area contributed by atoms with Gasteiger partial charge in [0.2, 0.25) is 0 Å². The Morgan fingerprint density at radius 1 is 1.26 bits per heavy atom. The number of hydrogen-bond donors (Lipinski definition) is 1. The van der Waals surface area contributed by atoms with E-state index in [9.17, 15) is 4.79 Å². The van der Waals surface area contributed by atoms with Gasteiger partial charge in [-0.2, -0.15) is 0 Å². The van der Waals surface area contributed by atoms with E-state index in [1.807, 2.05) is 35.0 Å². The minimum Gasteiger partial charge on any atom is -0.381 e. The maximum absolute atomic E-state index is 13.1. The summed E-state index contributed by atoms with van der Waals surface area (Å²) in [6.07, 6.45) is 9.33. The SMILES string of the molecule is COC1CCC(NC(=O)c2cc(-n3ccnc3)nc3ccc(Br)cc23)CC1. The number of carbonyl (C=O) groups is 1. The Bertz CT molecular complexity index is 950. The first kappa shape index (κ1) is 18.1. The van der Waals surface area contributed by atoms with Crippen LogP contribution in [0.4, 0.5) is 0 Å². The molecular formula is C20H21BrN4O2. The van der Waals surface area contributed by atoms with Crippen LogP contribution in [-0.4, -0.2) is 39.7 Å². The lowest BCUT2D eigenvalue weighted by Gasteiger charge is -2.28. The van der Waals surface area contributed by atoms with Crippen molar-refractivity contribution in [2.45, 2.75) is 37.8 Å². The van der Waals surface area contributed by atoms with Gasteiger partial charge in [-0.15, -0.1) is 0 Å². The van der Waals surface area contributed by atoms with Gasteiger partial charge in [-0.25, -0.2) is 9.97 Å². The van der Waals surface area contributed by atoms with E-state index in [-0.39, 0.29) is 11.9 Å². The van der Waals surface area contributed by atoms with Crippen LogP contribution < -0.4 is 5.32 Å². The molecule has 0 radical (unpaired) electrons. The van der Waals surface area contributed by atoms with Crippen LogP contribution in [0.15, 0.2) is 47.5 Å². The maximum atomic E-state index is 13.1. The van der Waals surface area contributed by atoms with Crippen molar-refractivity contribution in [3.05, 3.63) is 53.0 Å². The van der Waals surface area contributed by atoms with Gasteiger partial charge >= 0.3 is 0 Å². The molecule has 0 bridgehead atoms. The van der Waals surface area contributed by atoms with E-state index >= 15 is 0 Å². The molecule has 0 aliphatic heterocycles. The van der Waals surface area contributed by atoms with Gasteiger partial charge in [0, 0.05) is 35.4 Å². The molecular weight excluding hydrogens is 408 g/mol. The standard InChI is InChI=1S/C20H21BrN4O2/c1-27-15-5-3-14(4-6-15)23-20(26)17-11-19(25-9-8-22-12-25)24-18-7-2-13(21)10-16(17)18/h2,7-12,14-15H,3-6H2,1H3,(H,23,26). The molecule has 6 nitrogen and oxygen atoms in total. The van der Waals surface area contributed by atoms with Crippen LogP contribution in [0.2, 0.25) is 0 Å². The quantitative estimate of drug-likeness (QED) is 0.684. The smallest absolute Gasteiger partial charge is 0.252 e. The number of carbonyl (C=O) groups excluding carboxylic acids is 1. The third-order valence-electron chi connectivity index (χ3n) is 5.11. The van der Waals surface area contributed by atoms with E-state index in [2.05, 4.69) is 31.2 Å². The zero-order valence-corrected chi connectivity index (χ0v) is 16.6. The number of ether oxygens (including phenoxy) is 1. The van der Waals surface area contributed by atoms with Crippen molar-refractivity contribution < 1.29 is 9.53 Å². The van der Waals surface area contributed by atoms with Gasteiger partial charge in [-0.3, -0.25) is 9.36 Å². The van der Waals surface area contributed by atoms with Gasteiger partial charge in [0.15, 0.2) is 0 Å².